The monoisotopic (exact) mass is 419 g/mol. The second kappa shape index (κ2) is 8.29. The van der Waals surface area contributed by atoms with Crippen molar-refractivity contribution in [2.75, 3.05) is 18.0 Å². The fraction of sp³-hybridized carbons (Fsp3) is 0.400. The van der Waals surface area contributed by atoms with E-state index >= 15 is 0 Å². The number of carbonyl (C=O) groups excluding carboxylic acids is 1. The Morgan fingerprint density at radius 1 is 1.17 bits per heavy atom. The van der Waals surface area contributed by atoms with E-state index in [2.05, 4.69) is 20.1 Å². The largest absolute Gasteiger partial charge is 0.416 e. The lowest BCUT2D eigenvalue weighted by molar-refractivity contribution is -0.138. The predicted molar refractivity (Wildman–Crippen MR) is 101 cm³/mol. The molecule has 0 N–H and O–H groups in total. The van der Waals surface area contributed by atoms with E-state index in [4.69, 9.17) is 4.52 Å². The maximum atomic E-state index is 13.1. The van der Waals surface area contributed by atoms with Crippen LogP contribution in [0.15, 0.2) is 41.4 Å². The van der Waals surface area contributed by atoms with Gasteiger partial charge >= 0.3 is 6.18 Å². The van der Waals surface area contributed by atoms with Gasteiger partial charge in [-0.15, -0.1) is 0 Å². The van der Waals surface area contributed by atoms with Gasteiger partial charge in [-0.2, -0.15) is 18.3 Å². The Balaban J connectivity index is 1.42. The zero-order valence-corrected chi connectivity index (χ0v) is 16.1. The van der Waals surface area contributed by atoms with Crippen molar-refractivity contribution in [3.8, 4) is 0 Å². The number of ketones is 1. The molecule has 0 spiro atoms. The number of anilines is 1. The zero-order chi connectivity index (χ0) is 21.1. The smallest absolute Gasteiger partial charge is 0.341 e. The van der Waals surface area contributed by atoms with Gasteiger partial charge < -0.3 is 9.42 Å². The number of nitrogens with zero attached hydrogens (tertiary/aromatic N) is 5. The molecule has 0 unspecified atom stereocenters. The Hall–Kier alpha value is -3.17. The van der Waals surface area contributed by atoms with Crippen LogP contribution >= 0.6 is 0 Å². The molecule has 30 heavy (non-hydrogen) atoms. The van der Waals surface area contributed by atoms with Crippen LogP contribution in [0.25, 0.3) is 0 Å². The molecule has 0 saturated carbocycles. The highest BCUT2D eigenvalue weighted by Gasteiger charge is 2.33. The van der Waals surface area contributed by atoms with Gasteiger partial charge in [0.15, 0.2) is 11.5 Å². The van der Waals surface area contributed by atoms with Gasteiger partial charge in [0, 0.05) is 49.7 Å². The first-order valence-electron chi connectivity index (χ1n) is 9.66. The van der Waals surface area contributed by atoms with E-state index in [0.717, 1.165) is 38.2 Å². The van der Waals surface area contributed by atoms with Crippen molar-refractivity contribution >= 4 is 11.7 Å². The molecule has 1 aliphatic heterocycles. The summed E-state index contributed by atoms with van der Waals surface area (Å²) in [4.78, 5) is 18.4. The fourth-order valence-electron chi connectivity index (χ4n) is 3.52. The first-order chi connectivity index (χ1) is 14.4. The first-order valence-corrected chi connectivity index (χ1v) is 9.66. The summed E-state index contributed by atoms with van der Waals surface area (Å²) in [7, 11) is 0. The molecule has 0 radical (unpaired) electrons. The molecule has 1 saturated heterocycles. The van der Waals surface area contributed by atoms with Crippen LogP contribution in [-0.2, 0) is 19.1 Å². The molecule has 4 rings (SSSR count). The summed E-state index contributed by atoms with van der Waals surface area (Å²) < 4.78 is 46.1. The van der Waals surface area contributed by atoms with E-state index in [9.17, 15) is 18.0 Å². The van der Waals surface area contributed by atoms with Gasteiger partial charge in [-0.1, -0.05) is 5.16 Å². The van der Waals surface area contributed by atoms with Crippen LogP contribution in [0.3, 0.4) is 0 Å². The molecule has 10 heteroatoms. The molecule has 3 aromatic heterocycles. The summed E-state index contributed by atoms with van der Waals surface area (Å²) in [6.07, 6.45) is 4.21. The fourth-order valence-corrected chi connectivity index (χ4v) is 3.52. The molecule has 4 heterocycles. The van der Waals surface area contributed by atoms with Crippen molar-refractivity contribution in [3.05, 3.63) is 59.3 Å². The molecule has 0 atom stereocenters. The second-order valence-corrected chi connectivity index (χ2v) is 7.27. The van der Waals surface area contributed by atoms with Crippen molar-refractivity contribution < 1.29 is 22.5 Å². The van der Waals surface area contributed by atoms with Gasteiger partial charge in [0.1, 0.15) is 0 Å². The predicted octanol–water partition coefficient (Wildman–Crippen LogP) is 3.75. The second-order valence-electron chi connectivity index (χ2n) is 7.27. The van der Waals surface area contributed by atoms with E-state index in [1.54, 1.807) is 12.3 Å². The quantitative estimate of drug-likeness (QED) is 0.567. The van der Waals surface area contributed by atoms with Gasteiger partial charge in [0.05, 0.1) is 18.3 Å². The minimum atomic E-state index is -4.47. The van der Waals surface area contributed by atoms with Crippen molar-refractivity contribution in [2.45, 2.75) is 38.4 Å². The third-order valence-corrected chi connectivity index (χ3v) is 5.04. The van der Waals surface area contributed by atoms with E-state index in [0.29, 0.717) is 11.4 Å². The van der Waals surface area contributed by atoms with Crippen LogP contribution in [0.1, 0.15) is 46.4 Å². The van der Waals surface area contributed by atoms with E-state index in [1.165, 1.54) is 23.5 Å². The summed E-state index contributed by atoms with van der Waals surface area (Å²) in [5.74, 6) is 0.351. The summed E-state index contributed by atoms with van der Waals surface area (Å²) in [5.41, 5.74) is 0.0713. The minimum absolute atomic E-state index is 0.00801. The molecule has 158 valence electrons. The molecule has 3 aromatic rings. The molecule has 1 fully saturated rings. The third kappa shape index (κ3) is 4.52. The topological polar surface area (TPSA) is 77.0 Å². The Bertz CT molecular complexity index is 1020. The van der Waals surface area contributed by atoms with Gasteiger partial charge in [0.2, 0.25) is 5.88 Å². The standard InChI is InChI=1S/C20H20F3N5O2/c21-20(22,23)16-4-5-24-11-15(16)13-28-12-14(10-25-28)8-18(29)17-9-19(30-26-17)27-6-2-1-3-7-27/h4-5,9-12H,1-3,6-8,13H2. The molecule has 0 aromatic carbocycles. The number of halogens is 3. The number of rotatable bonds is 6. The molecule has 7 nitrogen and oxygen atoms in total. The lowest BCUT2D eigenvalue weighted by Gasteiger charge is -2.25. The number of piperidine rings is 1. The highest BCUT2D eigenvalue weighted by molar-refractivity contribution is 5.96. The Morgan fingerprint density at radius 2 is 1.97 bits per heavy atom. The van der Waals surface area contributed by atoms with Crippen LogP contribution in [-0.4, -0.2) is 38.8 Å². The van der Waals surface area contributed by atoms with Gasteiger partial charge in [0.25, 0.3) is 0 Å². The molecule has 0 amide bonds. The number of aromatic nitrogens is 4. The maximum absolute atomic E-state index is 13.1. The van der Waals surface area contributed by atoms with Crippen molar-refractivity contribution in [1.82, 2.24) is 19.9 Å². The van der Waals surface area contributed by atoms with Gasteiger partial charge in [-0.3, -0.25) is 14.5 Å². The summed E-state index contributed by atoms with van der Waals surface area (Å²) >= 11 is 0. The average molecular weight is 419 g/mol. The summed E-state index contributed by atoms with van der Waals surface area (Å²) in [5, 5.41) is 7.95. The zero-order valence-electron chi connectivity index (χ0n) is 16.1. The van der Waals surface area contributed by atoms with Crippen molar-refractivity contribution in [2.24, 2.45) is 0 Å². The molecule has 1 aliphatic rings. The number of carbonyl (C=O) groups is 1. The molecule has 0 aliphatic carbocycles. The highest BCUT2D eigenvalue weighted by atomic mass is 19.4. The highest BCUT2D eigenvalue weighted by Crippen LogP contribution is 2.31. The average Bonchev–Trinajstić information content (AvgIpc) is 3.38. The number of Topliss-reactive ketones (excluding diaryl/α,β-unsaturated/α-hetero) is 1. The summed E-state index contributed by atoms with van der Waals surface area (Å²) in [6.45, 7) is 1.66. The van der Waals surface area contributed by atoms with Crippen molar-refractivity contribution in [1.29, 1.82) is 0 Å². The lowest BCUT2D eigenvalue weighted by atomic mass is 10.1. The van der Waals surface area contributed by atoms with Crippen LogP contribution in [0, 0.1) is 0 Å². The van der Waals surface area contributed by atoms with Crippen LogP contribution in [0.2, 0.25) is 0 Å². The number of hydrogen-bond donors (Lipinski definition) is 0. The third-order valence-electron chi connectivity index (χ3n) is 5.04. The Morgan fingerprint density at radius 3 is 2.73 bits per heavy atom. The van der Waals surface area contributed by atoms with E-state index in [1.807, 2.05) is 0 Å². The normalized spacial score (nSPS) is 14.8. The van der Waals surface area contributed by atoms with Gasteiger partial charge in [-0.05, 0) is 30.9 Å². The Labute approximate surface area is 170 Å². The van der Waals surface area contributed by atoms with Crippen molar-refractivity contribution in [3.63, 3.8) is 0 Å². The van der Waals surface area contributed by atoms with Crippen LogP contribution < -0.4 is 4.90 Å². The molecule has 0 bridgehead atoms. The summed E-state index contributed by atoms with van der Waals surface area (Å²) in [6, 6.07) is 2.58. The van der Waals surface area contributed by atoms with E-state index < -0.39 is 11.7 Å². The van der Waals surface area contributed by atoms with E-state index in [-0.39, 0.29) is 30.0 Å². The Kier molecular flexibility index (Phi) is 5.56. The minimum Gasteiger partial charge on any atom is -0.341 e. The first kappa shape index (κ1) is 20.1. The van der Waals surface area contributed by atoms with Crippen LogP contribution in [0.5, 0.6) is 0 Å². The molecular weight excluding hydrogens is 399 g/mol. The number of pyridine rings is 1. The SMILES string of the molecule is O=C(Cc1cnn(Cc2cnccc2C(F)(F)F)c1)c1cc(N2CCCCC2)on1. The lowest BCUT2D eigenvalue weighted by Crippen LogP contribution is -2.28. The van der Waals surface area contributed by atoms with Gasteiger partial charge in [-0.25, -0.2) is 0 Å². The number of alkyl halides is 3. The van der Waals surface area contributed by atoms with Crippen LogP contribution in [0.4, 0.5) is 19.1 Å². The number of hydrogen-bond acceptors (Lipinski definition) is 6. The molecular formula is C20H20F3N5O2. The maximum Gasteiger partial charge on any atom is 0.416 e.